The lowest BCUT2D eigenvalue weighted by Crippen LogP contribution is -2.55. The molecule has 0 fully saturated rings. The minimum absolute atomic E-state index is 0.0863. The summed E-state index contributed by atoms with van der Waals surface area (Å²) in [5.74, 6) is -0.0724. The molecule has 134 valence electrons. The van der Waals surface area contributed by atoms with E-state index in [1.54, 1.807) is 23.2 Å². The average Bonchev–Trinajstić information content (AvgIpc) is 2.67. The van der Waals surface area contributed by atoms with Crippen LogP contribution in [0.15, 0.2) is 72.4 Å². The van der Waals surface area contributed by atoms with Crippen LogP contribution in [0.1, 0.15) is 36.2 Å². The first-order chi connectivity index (χ1) is 12.6. The lowest BCUT2D eigenvalue weighted by atomic mass is 10.0. The van der Waals surface area contributed by atoms with Gasteiger partial charge in [-0.15, -0.1) is 0 Å². The number of rotatable bonds is 5. The fourth-order valence-corrected chi connectivity index (χ4v) is 3.11. The Balaban J connectivity index is 1.84. The maximum Gasteiger partial charge on any atom is 0.259 e. The molecule has 1 N–H and O–H groups in total. The van der Waals surface area contributed by atoms with E-state index in [4.69, 9.17) is 0 Å². The topological polar surface area (TPSA) is 49.4 Å². The SMILES string of the molecule is CC(C)[C@H]1NC(=O)C(CCc2ccccc2)=CN1C(=O)c1ccccc1. The van der Waals surface area contributed by atoms with Crippen LogP contribution in [0.3, 0.4) is 0 Å². The van der Waals surface area contributed by atoms with E-state index >= 15 is 0 Å². The van der Waals surface area contributed by atoms with E-state index in [2.05, 4.69) is 5.32 Å². The van der Waals surface area contributed by atoms with E-state index in [9.17, 15) is 9.59 Å². The summed E-state index contributed by atoms with van der Waals surface area (Å²) < 4.78 is 0. The predicted molar refractivity (Wildman–Crippen MR) is 102 cm³/mol. The van der Waals surface area contributed by atoms with Gasteiger partial charge >= 0.3 is 0 Å². The summed E-state index contributed by atoms with van der Waals surface area (Å²) in [5.41, 5.74) is 2.43. The van der Waals surface area contributed by atoms with Crippen molar-refractivity contribution in [2.75, 3.05) is 0 Å². The smallest absolute Gasteiger partial charge is 0.259 e. The van der Waals surface area contributed by atoms with Gasteiger partial charge in [-0.2, -0.15) is 0 Å². The molecule has 0 spiro atoms. The Morgan fingerprint density at radius 1 is 1.00 bits per heavy atom. The number of nitrogens with zero attached hydrogens (tertiary/aromatic N) is 1. The van der Waals surface area contributed by atoms with Crippen molar-refractivity contribution in [3.05, 3.63) is 83.6 Å². The van der Waals surface area contributed by atoms with Gasteiger partial charge in [0.2, 0.25) is 5.91 Å². The van der Waals surface area contributed by atoms with E-state index in [-0.39, 0.29) is 23.9 Å². The Bertz CT molecular complexity index is 797. The van der Waals surface area contributed by atoms with Crippen LogP contribution in [0.5, 0.6) is 0 Å². The molecule has 3 rings (SSSR count). The summed E-state index contributed by atoms with van der Waals surface area (Å²) in [6, 6.07) is 19.2. The van der Waals surface area contributed by atoms with Crippen LogP contribution in [-0.2, 0) is 11.2 Å². The zero-order valence-corrected chi connectivity index (χ0v) is 15.2. The molecule has 0 radical (unpaired) electrons. The van der Waals surface area contributed by atoms with Crippen molar-refractivity contribution in [3.8, 4) is 0 Å². The zero-order chi connectivity index (χ0) is 18.5. The third kappa shape index (κ3) is 4.02. The number of hydrogen-bond acceptors (Lipinski definition) is 2. The first kappa shape index (κ1) is 17.9. The van der Waals surface area contributed by atoms with Gasteiger partial charge in [-0.05, 0) is 36.5 Å². The largest absolute Gasteiger partial charge is 0.331 e. The molecule has 1 aliphatic rings. The summed E-state index contributed by atoms with van der Waals surface area (Å²) >= 11 is 0. The number of nitrogens with one attached hydrogen (secondary N) is 1. The van der Waals surface area contributed by atoms with Crippen LogP contribution in [0.4, 0.5) is 0 Å². The number of carbonyl (C=O) groups is 2. The maximum atomic E-state index is 13.0. The molecule has 2 aromatic rings. The molecule has 2 aromatic carbocycles. The molecule has 1 heterocycles. The van der Waals surface area contributed by atoms with Crippen LogP contribution < -0.4 is 5.32 Å². The molecule has 0 saturated carbocycles. The van der Waals surface area contributed by atoms with Gasteiger partial charge in [-0.1, -0.05) is 62.4 Å². The van der Waals surface area contributed by atoms with Crippen molar-refractivity contribution < 1.29 is 9.59 Å². The number of aryl methyl sites for hydroxylation is 1. The van der Waals surface area contributed by atoms with Crippen LogP contribution >= 0.6 is 0 Å². The summed E-state index contributed by atoms with van der Waals surface area (Å²) in [6.07, 6.45) is 2.76. The standard InChI is InChI=1S/C22H24N2O2/c1-16(2)20-23-21(25)19(14-13-17-9-5-3-6-10-17)15-24(20)22(26)18-11-7-4-8-12-18/h3-12,15-16,20H,13-14H2,1-2H3,(H,23,25)/t20-/m0/s1. The summed E-state index contributed by atoms with van der Waals surface area (Å²) in [5, 5.41) is 3.00. The summed E-state index contributed by atoms with van der Waals surface area (Å²) in [7, 11) is 0. The highest BCUT2D eigenvalue weighted by Gasteiger charge is 2.32. The highest BCUT2D eigenvalue weighted by Crippen LogP contribution is 2.22. The van der Waals surface area contributed by atoms with Gasteiger partial charge in [0.25, 0.3) is 5.91 Å². The lowest BCUT2D eigenvalue weighted by molar-refractivity contribution is -0.120. The van der Waals surface area contributed by atoms with E-state index in [1.165, 1.54) is 5.56 Å². The van der Waals surface area contributed by atoms with Crippen molar-refractivity contribution in [1.82, 2.24) is 10.2 Å². The summed E-state index contributed by atoms with van der Waals surface area (Å²) in [4.78, 5) is 27.2. The predicted octanol–water partition coefficient (Wildman–Crippen LogP) is 3.76. The number of carbonyl (C=O) groups excluding carboxylic acids is 2. The zero-order valence-electron chi connectivity index (χ0n) is 15.2. The molecule has 0 aliphatic carbocycles. The normalized spacial score (nSPS) is 17.0. The fraction of sp³-hybridized carbons (Fsp3) is 0.273. The Hall–Kier alpha value is -2.88. The third-order valence-electron chi connectivity index (χ3n) is 4.58. The Morgan fingerprint density at radius 3 is 2.23 bits per heavy atom. The van der Waals surface area contributed by atoms with Gasteiger partial charge in [-0.3, -0.25) is 14.5 Å². The molecule has 1 aliphatic heterocycles. The van der Waals surface area contributed by atoms with Crippen molar-refractivity contribution in [2.45, 2.75) is 32.9 Å². The molecular weight excluding hydrogens is 324 g/mol. The fourth-order valence-electron chi connectivity index (χ4n) is 3.11. The Labute approximate surface area is 154 Å². The van der Waals surface area contributed by atoms with Crippen molar-refractivity contribution >= 4 is 11.8 Å². The third-order valence-corrected chi connectivity index (χ3v) is 4.58. The highest BCUT2D eigenvalue weighted by molar-refractivity contribution is 5.99. The van der Waals surface area contributed by atoms with Crippen LogP contribution in [-0.4, -0.2) is 22.9 Å². The van der Waals surface area contributed by atoms with Crippen molar-refractivity contribution in [3.63, 3.8) is 0 Å². The monoisotopic (exact) mass is 348 g/mol. The maximum absolute atomic E-state index is 13.0. The van der Waals surface area contributed by atoms with Crippen LogP contribution in [0.2, 0.25) is 0 Å². The van der Waals surface area contributed by atoms with Crippen LogP contribution in [0.25, 0.3) is 0 Å². The lowest BCUT2D eigenvalue weighted by Gasteiger charge is -2.36. The Kier molecular flexibility index (Phi) is 5.52. The molecule has 4 nitrogen and oxygen atoms in total. The van der Waals surface area contributed by atoms with Gasteiger partial charge in [0.15, 0.2) is 0 Å². The molecule has 0 saturated heterocycles. The quantitative estimate of drug-likeness (QED) is 0.894. The van der Waals surface area contributed by atoms with Gasteiger partial charge in [-0.25, -0.2) is 0 Å². The van der Waals surface area contributed by atoms with Crippen molar-refractivity contribution in [1.29, 1.82) is 0 Å². The second kappa shape index (κ2) is 8.00. The first-order valence-electron chi connectivity index (χ1n) is 8.99. The highest BCUT2D eigenvalue weighted by atomic mass is 16.2. The molecule has 0 aromatic heterocycles. The molecule has 0 bridgehead atoms. The molecule has 1 atom stereocenters. The molecule has 0 unspecified atom stereocenters. The van der Waals surface area contributed by atoms with Gasteiger partial charge in [0.1, 0.15) is 6.17 Å². The van der Waals surface area contributed by atoms with Gasteiger partial charge in [0.05, 0.1) is 0 Å². The molecular formula is C22H24N2O2. The minimum atomic E-state index is -0.337. The van der Waals surface area contributed by atoms with E-state index in [0.29, 0.717) is 17.6 Å². The molecule has 26 heavy (non-hydrogen) atoms. The first-order valence-corrected chi connectivity index (χ1v) is 8.99. The number of amides is 2. The van der Waals surface area contributed by atoms with Crippen molar-refractivity contribution in [2.24, 2.45) is 5.92 Å². The second-order valence-corrected chi connectivity index (χ2v) is 6.88. The average molecular weight is 348 g/mol. The molecule has 2 amide bonds. The summed E-state index contributed by atoms with van der Waals surface area (Å²) in [6.45, 7) is 4.00. The molecule has 4 heteroatoms. The van der Waals surface area contributed by atoms with Gasteiger partial charge < -0.3 is 5.32 Å². The van der Waals surface area contributed by atoms with E-state index in [0.717, 1.165) is 6.42 Å². The number of hydrogen-bond donors (Lipinski definition) is 1. The van der Waals surface area contributed by atoms with E-state index < -0.39 is 0 Å². The van der Waals surface area contributed by atoms with E-state index in [1.807, 2.05) is 62.4 Å². The minimum Gasteiger partial charge on any atom is -0.331 e. The van der Waals surface area contributed by atoms with Gasteiger partial charge in [0, 0.05) is 17.3 Å². The Morgan fingerprint density at radius 2 is 1.62 bits per heavy atom. The second-order valence-electron chi connectivity index (χ2n) is 6.88. The van der Waals surface area contributed by atoms with Crippen LogP contribution in [0, 0.1) is 5.92 Å². The number of benzene rings is 2.